The minimum atomic E-state index is 0.360. The number of para-hydroxylation sites is 1. The molecule has 0 fully saturated rings. The Labute approximate surface area is 448 Å². The molecule has 16 rings (SSSR count). The van der Waals surface area contributed by atoms with E-state index in [4.69, 9.17) is 4.42 Å². The first-order valence-corrected chi connectivity index (χ1v) is 28.1. The van der Waals surface area contributed by atoms with Gasteiger partial charge < -0.3 is 14.2 Å². The first kappa shape index (κ1) is 43.6. The molecule has 13 aromatic rings. The van der Waals surface area contributed by atoms with Crippen LogP contribution in [0.5, 0.6) is 0 Å². The number of hydrogen-bond donors (Lipinski definition) is 0. The van der Waals surface area contributed by atoms with Crippen LogP contribution in [0.1, 0.15) is 34.8 Å². The van der Waals surface area contributed by atoms with Gasteiger partial charge in [-0.25, -0.2) is 0 Å². The topological polar surface area (TPSA) is 19.6 Å². The molecule has 3 aliphatic carbocycles. The van der Waals surface area contributed by atoms with Gasteiger partial charge in [-0.1, -0.05) is 158 Å². The van der Waals surface area contributed by atoms with Crippen molar-refractivity contribution >= 4 is 119 Å². The molecule has 3 nitrogen and oxygen atoms in total. The van der Waals surface area contributed by atoms with E-state index in [1.165, 1.54) is 95.8 Å². The largest absolute Gasteiger partial charge is 0.458 e. The maximum Gasteiger partial charge on any atom is 0.158 e. The van der Waals surface area contributed by atoms with E-state index in [0.717, 1.165) is 64.4 Å². The molecule has 0 amide bonds. The van der Waals surface area contributed by atoms with Crippen molar-refractivity contribution in [3.63, 3.8) is 0 Å². The van der Waals surface area contributed by atoms with Crippen LogP contribution in [0.3, 0.4) is 0 Å². The van der Waals surface area contributed by atoms with E-state index < -0.39 is 0 Å². The lowest BCUT2D eigenvalue weighted by Crippen LogP contribution is -2.20. The van der Waals surface area contributed by atoms with Crippen LogP contribution in [0.15, 0.2) is 247 Å². The highest BCUT2D eigenvalue weighted by Crippen LogP contribution is 2.50. The van der Waals surface area contributed by atoms with Gasteiger partial charge in [0.15, 0.2) is 5.58 Å². The summed E-state index contributed by atoms with van der Waals surface area (Å²) >= 11 is 3.77. The summed E-state index contributed by atoms with van der Waals surface area (Å²) in [5.74, 6) is 1.78. The van der Waals surface area contributed by atoms with Crippen molar-refractivity contribution in [2.45, 2.75) is 25.2 Å². The number of rotatable bonds is 8. The Morgan fingerprint density at radius 3 is 2.05 bits per heavy atom. The predicted octanol–water partition coefficient (Wildman–Crippen LogP) is 20.6. The number of thiophene rings is 2. The number of hydrogen-bond acceptors (Lipinski definition) is 5. The summed E-state index contributed by atoms with van der Waals surface area (Å²) in [6.45, 7) is 0. The summed E-state index contributed by atoms with van der Waals surface area (Å²) in [5, 5.41) is 8.93. The van der Waals surface area contributed by atoms with Crippen LogP contribution in [-0.2, 0) is 12.8 Å². The summed E-state index contributed by atoms with van der Waals surface area (Å²) in [6, 6.07) is 78.9. The molecule has 3 heterocycles. The van der Waals surface area contributed by atoms with E-state index in [9.17, 15) is 0 Å². The molecule has 3 aliphatic rings. The van der Waals surface area contributed by atoms with Gasteiger partial charge in [0.25, 0.3) is 0 Å². The molecule has 0 aliphatic heterocycles. The molecule has 0 N–H and O–H groups in total. The second-order valence-electron chi connectivity index (χ2n) is 20.6. The quantitative estimate of drug-likeness (QED) is 0.151. The van der Waals surface area contributed by atoms with Gasteiger partial charge in [-0.15, -0.1) is 22.7 Å². The van der Waals surface area contributed by atoms with Crippen molar-refractivity contribution in [3.8, 4) is 22.3 Å². The fraction of sp³-hybridized carbons (Fsp3) is 0.0704. The zero-order valence-corrected chi connectivity index (χ0v) is 43.1. The standard InChI is InChI=1S/C71H48N2OS2/c1-2-14-44(15-3-1)45-28-31-49(32-29-45)73(64-25-13-24-60-57-21-8-10-26-65(57)74-71(60)64)51-18-12-17-50(41-51)72(52-33-35-55-48(39-52)38-46-16-4-5-19-54(46)55)53-34-37-68-63(42-53)70-59-23-7-6-20-56(59)61(43-69(70)76-68)47-30-36-67-62(40-47)58-22-9-11-27-66(58)75-67/h1-9,11-25,27-37,39-43,48,55H,10,26,38H2. The van der Waals surface area contributed by atoms with Crippen LogP contribution in [-0.4, -0.2) is 0 Å². The van der Waals surface area contributed by atoms with E-state index in [1.807, 2.05) is 22.7 Å². The number of benzene rings is 10. The molecule has 0 saturated carbocycles. The molecule has 5 heteroatoms. The van der Waals surface area contributed by atoms with Gasteiger partial charge >= 0.3 is 0 Å². The Bertz CT molecular complexity index is 4590. The molecular weight excluding hydrogens is 961 g/mol. The molecule has 0 spiro atoms. The number of aryl methyl sites for hydroxylation is 1. The number of nitrogens with zero attached hydrogens (tertiary/aromatic N) is 2. The van der Waals surface area contributed by atoms with Crippen LogP contribution in [0, 0.1) is 5.92 Å². The summed E-state index contributed by atoms with van der Waals surface area (Å²) < 4.78 is 12.1. The third kappa shape index (κ3) is 7.00. The van der Waals surface area contributed by atoms with Crippen LogP contribution < -0.4 is 9.80 Å². The zero-order valence-electron chi connectivity index (χ0n) is 41.5. The third-order valence-corrected chi connectivity index (χ3v) is 18.6. The van der Waals surface area contributed by atoms with Gasteiger partial charge in [-0.3, -0.25) is 0 Å². The van der Waals surface area contributed by atoms with E-state index >= 15 is 0 Å². The average Bonchev–Trinajstić information content (AvgIpc) is 4.28. The fourth-order valence-corrected chi connectivity index (χ4v) is 15.0. The zero-order chi connectivity index (χ0) is 49.8. The van der Waals surface area contributed by atoms with Gasteiger partial charge in [-0.05, 0) is 148 Å². The van der Waals surface area contributed by atoms with Crippen molar-refractivity contribution in [2.75, 3.05) is 9.80 Å². The highest BCUT2D eigenvalue weighted by molar-refractivity contribution is 7.26. The number of furan rings is 1. The smallest absolute Gasteiger partial charge is 0.158 e. The Balaban J connectivity index is 0.872. The Kier molecular flexibility index (Phi) is 10.0. The van der Waals surface area contributed by atoms with Gasteiger partial charge in [0.2, 0.25) is 0 Å². The van der Waals surface area contributed by atoms with E-state index in [2.05, 4.69) is 253 Å². The summed E-state index contributed by atoms with van der Waals surface area (Å²) in [6.07, 6.45) is 14.8. The Morgan fingerprint density at radius 2 is 1.14 bits per heavy atom. The predicted molar refractivity (Wildman–Crippen MR) is 325 cm³/mol. The molecular formula is C71H48N2OS2. The maximum absolute atomic E-state index is 6.89. The van der Waals surface area contributed by atoms with E-state index in [1.54, 1.807) is 0 Å². The molecule has 3 aromatic heterocycles. The number of fused-ring (bicyclic) bond motifs is 14. The molecule has 0 radical (unpaired) electrons. The second kappa shape index (κ2) is 17.4. The van der Waals surface area contributed by atoms with Crippen LogP contribution in [0.4, 0.5) is 28.4 Å². The van der Waals surface area contributed by atoms with Crippen LogP contribution in [0.25, 0.3) is 90.4 Å². The summed E-state index contributed by atoms with van der Waals surface area (Å²) in [5.41, 5.74) is 16.4. The highest BCUT2D eigenvalue weighted by atomic mass is 32.1. The fourth-order valence-electron chi connectivity index (χ4n) is 12.8. The Morgan fingerprint density at radius 1 is 0.461 bits per heavy atom. The van der Waals surface area contributed by atoms with Crippen LogP contribution >= 0.6 is 22.7 Å². The van der Waals surface area contributed by atoms with Crippen molar-refractivity contribution in [1.82, 2.24) is 0 Å². The lowest BCUT2D eigenvalue weighted by Gasteiger charge is -2.32. The molecule has 0 saturated heterocycles. The minimum Gasteiger partial charge on any atom is -0.458 e. The summed E-state index contributed by atoms with van der Waals surface area (Å²) in [4.78, 5) is 4.90. The third-order valence-electron chi connectivity index (χ3n) is 16.3. The van der Waals surface area contributed by atoms with Crippen molar-refractivity contribution in [1.29, 1.82) is 0 Å². The first-order valence-electron chi connectivity index (χ1n) is 26.5. The molecule has 2 atom stereocenters. The van der Waals surface area contributed by atoms with Gasteiger partial charge in [-0.2, -0.15) is 0 Å². The van der Waals surface area contributed by atoms with Gasteiger partial charge in [0.1, 0.15) is 5.76 Å². The van der Waals surface area contributed by atoms with Crippen molar-refractivity contribution in [3.05, 3.63) is 265 Å². The molecule has 0 bridgehead atoms. The molecule has 10 aromatic carbocycles. The molecule has 76 heavy (non-hydrogen) atoms. The minimum absolute atomic E-state index is 0.360. The van der Waals surface area contributed by atoms with E-state index in [-0.39, 0.29) is 0 Å². The SMILES string of the molecule is C1=Cc2c(oc3c(N(c4ccc(-c5ccccc5)cc4)c4cccc(N(C5=CC6Cc7ccccc7C6C=C5)c5ccc6sc7cc(-c8ccc9sc%10ccccc%10c9c8)c8ccccc8c7c6c5)c4)cccc23)CC1. The molecule has 360 valence electrons. The monoisotopic (exact) mass is 1010 g/mol. The van der Waals surface area contributed by atoms with Gasteiger partial charge in [0, 0.05) is 92.1 Å². The highest BCUT2D eigenvalue weighted by Gasteiger charge is 2.33. The number of allylic oxidation sites excluding steroid dienone is 4. The van der Waals surface area contributed by atoms with Crippen molar-refractivity contribution < 1.29 is 4.42 Å². The summed E-state index contributed by atoms with van der Waals surface area (Å²) in [7, 11) is 0. The maximum atomic E-state index is 6.89. The van der Waals surface area contributed by atoms with Crippen LogP contribution in [0.2, 0.25) is 0 Å². The van der Waals surface area contributed by atoms with E-state index in [0.29, 0.717) is 11.8 Å². The lowest BCUT2D eigenvalue weighted by atomic mass is 9.87. The normalized spacial score (nSPS) is 15.7. The van der Waals surface area contributed by atoms with Crippen molar-refractivity contribution in [2.24, 2.45) is 5.92 Å². The van der Waals surface area contributed by atoms with Gasteiger partial charge in [0.05, 0.1) is 5.69 Å². The lowest BCUT2D eigenvalue weighted by molar-refractivity contribution is 0.546. The molecule has 2 unspecified atom stereocenters. The number of anilines is 5. The first-order chi connectivity index (χ1) is 37.6. The average molecular weight is 1010 g/mol. The second-order valence-corrected chi connectivity index (χ2v) is 22.8. The Hall–Kier alpha value is -8.74.